The van der Waals surface area contributed by atoms with Gasteiger partial charge in [-0.1, -0.05) is 88.7 Å². The van der Waals surface area contributed by atoms with E-state index in [1.807, 2.05) is 0 Å². The summed E-state index contributed by atoms with van der Waals surface area (Å²) in [5, 5.41) is 0. The molecule has 0 aliphatic heterocycles. The molecule has 0 radical (unpaired) electrons. The Morgan fingerprint density at radius 1 is 0.783 bits per heavy atom. The molecule has 124 valence electrons. The molecule has 2 aromatic carbocycles. The Hall–Kier alpha value is -1.56. The van der Waals surface area contributed by atoms with E-state index in [4.69, 9.17) is 0 Å². The highest BCUT2D eigenvalue weighted by molar-refractivity contribution is 5.39. The number of rotatable bonds is 6. The Morgan fingerprint density at radius 2 is 1.26 bits per heavy atom. The lowest BCUT2D eigenvalue weighted by molar-refractivity contribution is 0.392. The molecule has 2 aromatic rings. The summed E-state index contributed by atoms with van der Waals surface area (Å²) in [7, 11) is 0. The molecule has 0 aromatic heterocycles. The molecule has 0 nitrogen and oxygen atoms in total. The summed E-state index contributed by atoms with van der Waals surface area (Å²) in [5.74, 6) is 1.56. The summed E-state index contributed by atoms with van der Waals surface area (Å²) in [6.07, 6.45) is 2.46. The number of aryl methyl sites for hydroxylation is 2. The van der Waals surface area contributed by atoms with Crippen molar-refractivity contribution in [2.24, 2.45) is 11.8 Å². The first-order valence-electron chi connectivity index (χ1n) is 8.97. The Bertz CT molecular complexity index is 599. The van der Waals surface area contributed by atoms with Gasteiger partial charge in [-0.15, -0.1) is 0 Å². The molecule has 0 saturated heterocycles. The third kappa shape index (κ3) is 4.47. The van der Waals surface area contributed by atoms with Crippen molar-refractivity contribution in [3.63, 3.8) is 0 Å². The van der Waals surface area contributed by atoms with Gasteiger partial charge in [0.1, 0.15) is 0 Å². The molecule has 0 aliphatic rings. The first-order valence-corrected chi connectivity index (χ1v) is 8.97. The third-order valence-corrected chi connectivity index (χ3v) is 5.48. The first-order chi connectivity index (χ1) is 10.8. The van der Waals surface area contributed by atoms with Crippen LogP contribution < -0.4 is 0 Å². The van der Waals surface area contributed by atoms with Gasteiger partial charge in [-0.2, -0.15) is 0 Å². The van der Waals surface area contributed by atoms with Gasteiger partial charge in [0.15, 0.2) is 0 Å². The van der Waals surface area contributed by atoms with Gasteiger partial charge >= 0.3 is 0 Å². The van der Waals surface area contributed by atoms with Gasteiger partial charge in [0.05, 0.1) is 0 Å². The molecule has 2 rings (SSSR count). The van der Waals surface area contributed by atoms with Crippen molar-refractivity contribution in [3.8, 4) is 0 Å². The van der Waals surface area contributed by atoms with Crippen LogP contribution in [0.5, 0.6) is 0 Å². The highest BCUT2D eigenvalue weighted by Crippen LogP contribution is 2.32. The molecular formula is C23H32. The minimum absolute atomic E-state index is 0.0530. The van der Waals surface area contributed by atoms with Crippen LogP contribution in [0.25, 0.3) is 0 Å². The van der Waals surface area contributed by atoms with Crippen molar-refractivity contribution in [1.82, 2.24) is 0 Å². The van der Waals surface area contributed by atoms with Gasteiger partial charge < -0.3 is 0 Å². The molecule has 0 aliphatic carbocycles. The van der Waals surface area contributed by atoms with E-state index in [9.17, 15) is 0 Å². The van der Waals surface area contributed by atoms with Crippen molar-refractivity contribution in [2.45, 2.75) is 59.8 Å². The summed E-state index contributed by atoms with van der Waals surface area (Å²) < 4.78 is 0. The largest absolute Gasteiger partial charge is 0.0625 e. The summed E-state index contributed by atoms with van der Waals surface area (Å²) in [4.78, 5) is 0. The van der Waals surface area contributed by atoms with Crippen LogP contribution in [0, 0.1) is 18.8 Å². The van der Waals surface area contributed by atoms with E-state index in [1.54, 1.807) is 0 Å². The summed E-state index contributed by atoms with van der Waals surface area (Å²) >= 11 is 0. The maximum Gasteiger partial charge on any atom is 0.0146 e. The molecule has 0 heteroatoms. The molecule has 23 heavy (non-hydrogen) atoms. The zero-order valence-electron chi connectivity index (χ0n) is 15.7. The van der Waals surface area contributed by atoms with E-state index >= 15 is 0 Å². The smallest absolute Gasteiger partial charge is 0.0146 e. The number of hydrogen-bond acceptors (Lipinski definition) is 0. The average molecular weight is 309 g/mol. The Kier molecular flexibility index (Phi) is 5.68. The monoisotopic (exact) mass is 308 g/mol. The second kappa shape index (κ2) is 7.34. The van der Waals surface area contributed by atoms with E-state index in [2.05, 4.69) is 90.1 Å². The van der Waals surface area contributed by atoms with Gasteiger partial charge in [0.25, 0.3) is 0 Å². The highest BCUT2D eigenvalue weighted by atomic mass is 14.3. The topological polar surface area (TPSA) is 0 Å². The summed E-state index contributed by atoms with van der Waals surface area (Å²) in [6, 6.07) is 18.2. The van der Waals surface area contributed by atoms with Crippen molar-refractivity contribution in [2.75, 3.05) is 0 Å². The van der Waals surface area contributed by atoms with Gasteiger partial charge in [-0.25, -0.2) is 0 Å². The Morgan fingerprint density at radius 3 is 1.74 bits per heavy atom. The van der Waals surface area contributed by atoms with Crippen molar-refractivity contribution in [1.29, 1.82) is 0 Å². The third-order valence-electron chi connectivity index (χ3n) is 5.48. The van der Waals surface area contributed by atoms with Gasteiger partial charge in [0.2, 0.25) is 0 Å². The molecule has 0 N–H and O–H groups in total. The Labute approximate surface area is 143 Å². The molecule has 0 amide bonds. The van der Waals surface area contributed by atoms with Gasteiger partial charge in [-0.3, -0.25) is 0 Å². The molecule has 0 fully saturated rings. The van der Waals surface area contributed by atoms with Crippen molar-refractivity contribution in [3.05, 3.63) is 70.8 Å². The maximum atomic E-state index is 2.36. The molecular weight excluding hydrogens is 276 g/mol. The van der Waals surface area contributed by atoms with E-state index in [0.717, 1.165) is 11.8 Å². The predicted octanol–water partition coefficient (Wildman–Crippen LogP) is 6.55. The van der Waals surface area contributed by atoms with E-state index in [1.165, 1.54) is 35.1 Å². The van der Waals surface area contributed by atoms with E-state index < -0.39 is 0 Å². The quantitative estimate of drug-likeness (QED) is 0.568. The molecule has 0 heterocycles. The lowest BCUT2D eigenvalue weighted by Gasteiger charge is -2.26. The van der Waals surface area contributed by atoms with Crippen LogP contribution in [0.4, 0.5) is 0 Å². The molecule has 1 atom stereocenters. The normalized spacial score (nSPS) is 13.3. The van der Waals surface area contributed by atoms with Gasteiger partial charge in [-0.05, 0) is 48.3 Å². The molecule has 0 bridgehead atoms. The second-order valence-electron chi connectivity index (χ2n) is 7.95. The van der Waals surface area contributed by atoms with Crippen molar-refractivity contribution < 1.29 is 0 Å². The minimum Gasteiger partial charge on any atom is -0.0625 e. The molecule has 0 saturated carbocycles. The van der Waals surface area contributed by atoms with Crippen LogP contribution in [0.15, 0.2) is 48.5 Å². The first kappa shape index (κ1) is 17.8. The van der Waals surface area contributed by atoms with Crippen molar-refractivity contribution >= 4 is 0 Å². The molecule has 1 unspecified atom stereocenters. The van der Waals surface area contributed by atoms with Crippen LogP contribution in [0.2, 0.25) is 0 Å². The predicted molar refractivity (Wildman–Crippen MR) is 102 cm³/mol. The number of hydrogen-bond donors (Lipinski definition) is 0. The SMILES string of the molecule is Cc1ccc(C(C)(C)c2ccc(CCC(C)C(C)C)cc2)cc1. The van der Waals surface area contributed by atoms with Crippen LogP contribution in [-0.4, -0.2) is 0 Å². The highest BCUT2D eigenvalue weighted by Gasteiger charge is 2.22. The maximum absolute atomic E-state index is 2.36. The lowest BCUT2D eigenvalue weighted by atomic mass is 9.77. The fourth-order valence-electron chi connectivity index (χ4n) is 2.95. The fourth-order valence-corrected chi connectivity index (χ4v) is 2.95. The summed E-state index contributed by atoms with van der Waals surface area (Å²) in [5.41, 5.74) is 5.60. The minimum atomic E-state index is 0.0530. The van der Waals surface area contributed by atoms with Crippen LogP contribution in [-0.2, 0) is 11.8 Å². The zero-order chi connectivity index (χ0) is 17.0. The summed E-state index contributed by atoms with van der Waals surface area (Å²) in [6.45, 7) is 13.8. The number of benzene rings is 2. The average Bonchev–Trinajstić information content (AvgIpc) is 2.53. The van der Waals surface area contributed by atoms with E-state index in [-0.39, 0.29) is 5.41 Å². The van der Waals surface area contributed by atoms with Crippen LogP contribution in [0.3, 0.4) is 0 Å². The molecule has 0 spiro atoms. The van der Waals surface area contributed by atoms with Crippen LogP contribution in [0.1, 0.15) is 63.3 Å². The van der Waals surface area contributed by atoms with Crippen LogP contribution >= 0.6 is 0 Å². The lowest BCUT2D eigenvalue weighted by Crippen LogP contribution is -2.18. The van der Waals surface area contributed by atoms with Gasteiger partial charge in [0, 0.05) is 5.41 Å². The standard InChI is InChI=1S/C23H32/c1-17(2)19(4)9-10-20-11-15-22(16-12-20)23(5,6)21-13-7-18(3)8-14-21/h7-8,11-17,19H,9-10H2,1-6H3. The fraction of sp³-hybridized carbons (Fsp3) is 0.478. The second-order valence-corrected chi connectivity index (χ2v) is 7.95. The Balaban J connectivity index is 2.10. The zero-order valence-corrected chi connectivity index (χ0v) is 15.7. The van der Waals surface area contributed by atoms with E-state index in [0.29, 0.717) is 0 Å².